The van der Waals surface area contributed by atoms with Crippen molar-refractivity contribution in [2.75, 3.05) is 43.0 Å². The first-order chi connectivity index (χ1) is 17.3. The molecule has 1 fully saturated rings. The van der Waals surface area contributed by atoms with Gasteiger partial charge >= 0.3 is 0 Å². The van der Waals surface area contributed by atoms with Crippen LogP contribution < -0.4 is 10.2 Å². The zero-order valence-corrected chi connectivity index (χ0v) is 21.4. The van der Waals surface area contributed by atoms with E-state index in [-0.39, 0.29) is 23.8 Å². The van der Waals surface area contributed by atoms with E-state index in [9.17, 15) is 9.59 Å². The van der Waals surface area contributed by atoms with Crippen LogP contribution >= 0.6 is 0 Å². The van der Waals surface area contributed by atoms with E-state index in [1.165, 1.54) is 5.56 Å². The van der Waals surface area contributed by atoms with Gasteiger partial charge in [-0.15, -0.1) is 0 Å². The number of nitrogens with zero attached hydrogens (tertiary/aromatic N) is 2. The summed E-state index contributed by atoms with van der Waals surface area (Å²) in [6.45, 7) is 9.82. The highest BCUT2D eigenvalue weighted by molar-refractivity contribution is 5.94. The highest BCUT2D eigenvalue weighted by Crippen LogP contribution is 2.23. The van der Waals surface area contributed by atoms with Crippen molar-refractivity contribution in [2.45, 2.75) is 32.8 Å². The normalized spacial score (nSPS) is 14.0. The summed E-state index contributed by atoms with van der Waals surface area (Å²) in [6.07, 6.45) is 0. The lowest BCUT2D eigenvalue weighted by atomic mass is 9.86. The van der Waals surface area contributed by atoms with Gasteiger partial charge < -0.3 is 19.9 Å². The fraction of sp³-hybridized carbons (Fsp3) is 0.333. The molecule has 0 aromatic heterocycles. The number of rotatable bonds is 7. The molecular weight excluding hydrogens is 450 g/mol. The molecule has 1 N–H and O–H groups in total. The number of anilines is 2. The van der Waals surface area contributed by atoms with Crippen molar-refractivity contribution in [3.8, 4) is 0 Å². The van der Waals surface area contributed by atoms with Crippen LogP contribution in [-0.4, -0.2) is 49.5 Å². The predicted octanol–water partition coefficient (Wildman–Crippen LogP) is 5.10. The van der Waals surface area contributed by atoms with E-state index < -0.39 is 0 Å². The summed E-state index contributed by atoms with van der Waals surface area (Å²) in [7, 11) is 0. The van der Waals surface area contributed by atoms with Crippen LogP contribution in [0.2, 0.25) is 0 Å². The summed E-state index contributed by atoms with van der Waals surface area (Å²) in [5, 5.41) is 2.88. The highest BCUT2D eigenvalue weighted by atomic mass is 16.5. The van der Waals surface area contributed by atoms with Crippen LogP contribution in [0, 0.1) is 0 Å². The van der Waals surface area contributed by atoms with Crippen LogP contribution in [0.5, 0.6) is 0 Å². The quantitative estimate of drug-likeness (QED) is 0.506. The lowest BCUT2D eigenvalue weighted by molar-refractivity contribution is -0.121. The van der Waals surface area contributed by atoms with E-state index in [0.29, 0.717) is 19.7 Å². The van der Waals surface area contributed by atoms with Gasteiger partial charge in [0.25, 0.3) is 5.91 Å². The average Bonchev–Trinajstić information content (AvgIpc) is 2.89. The standard InChI is InChI=1S/C30H35N3O3/c1-30(2,3)25-11-9-24(10-12-25)29(35)33-19-17-32(18-20-33)27-15-13-26(14-16-27)31-28(34)22-36-21-23-7-5-4-6-8-23/h4-16H,17-22H2,1-3H3,(H,31,34). The first-order valence-corrected chi connectivity index (χ1v) is 12.5. The van der Waals surface area contributed by atoms with Gasteiger partial charge in [0.15, 0.2) is 0 Å². The average molecular weight is 486 g/mol. The van der Waals surface area contributed by atoms with Crippen LogP contribution in [0.3, 0.4) is 0 Å². The Balaban J connectivity index is 1.23. The number of amides is 2. The third-order valence-corrected chi connectivity index (χ3v) is 6.43. The molecule has 3 aromatic carbocycles. The number of hydrogen-bond acceptors (Lipinski definition) is 4. The molecule has 0 bridgehead atoms. The Kier molecular flexibility index (Phi) is 8.06. The second-order valence-electron chi connectivity index (χ2n) is 10.2. The van der Waals surface area contributed by atoms with E-state index in [0.717, 1.165) is 35.6 Å². The highest BCUT2D eigenvalue weighted by Gasteiger charge is 2.23. The van der Waals surface area contributed by atoms with Crippen LogP contribution in [0.15, 0.2) is 78.9 Å². The minimum atomic E-state index is -0.179. The number of benzene rings is 3. The van der Waals surface area contributed by atoms with Crippen LogP contribution in [0.25, 0.3) is 0 Å². The number of ether oxygens (including phenoxy) is 1. The van der Waals surface area contributed by atoms with Gasteiger partial charge in [0.05, 0.1) is 6.61 Å². The minimum absolute atomic E-state index is 0.00552. The Hall–Kier alpha value is -3.64. The maximum atomic E-state index is 13.0. The van der Waals surface area contributed by atoms with Crippen molar-refractivity contribution in [2.24, 2.45) is 0 Å². The lowest BCUT2D eigenvalue weighted by Gasteiger charge is -2.36. The number of nitrogens with one attached hydrogen (secondary N) is 1. The molecule has 2 amide bonds. The molecule has 3 aromatic rings. The second-order valence-corrected chi connectivity index (χ2v) is 10.2. The van der Waals surface area contributed by atoms with Crippen molar-refractivity contribution in [1.29, 1.82) is 0 Å². The molecule has 0 spiro atoms. The number of hydrogen-bond donors (Lipinski definition) is 1. The van der Waals surface area contributed by atoms with Crippen molar-refractivity contribution in [3.63, 3.8) is 0 Å². The molecule has 0 saturated carbocycles. The summed E-state index contributed by atoms with van der Waals surface area (Å²) in [5.41, 5.74) is 4.89. The third kappa shape index (κ3) is 6.73. The van der Waals surface area contributed by atoms with E-state index in [4.69, 9.17) is 4.74 Å². The summed E-state index contributed by atoms with van der Waals surface area (Å²) in [6, 6.07) is 25.6. The molecular formula is C30H35N3O3. The lowest BCUT2D eigenvalue weighted by Crippen LogP contribution is -2.48. The van der Waals surface area contributed by atoms with Crippen LogP contribution in [-0.2, 0) is 21.6 Å². The van der Waals surface area contributed by atoms with Gasteiger partial charge in [-0.1, -0.05) is 63.2 Å². The van der Waals surface area contributed by atoms with E-state index in [2.05, 4.69) is 43.1 Å². The minimum Gasteiger partial charge on any atom is -0.368 e. The van der Waals surface area contributed by atoms with Gasteiger partial charge in [0, 0.05) is 43.1 Å². The molecule has 0 unspecified atom stereocenters. The maximum absolute atomic E-state index is 13.0. The molecule has 0 radical (unpaired) electrons. The zero-order valence-electron chi connectivity index (χ0n) is 21.4. The van der Waals surface area contributed by atoms with Gasteiger partial charge in [-0.3, -0.25) is 9.59 Å². The first kappa shape index (κ1) is 25.5. The van der Waals surface area contributed by atoms with Crippen molar-refractivity contribution in [1.82, 2.24) is 4.90 Å². The van der Waals surface area contributed by atoms with Crippen LogP contribution in [0.4, 0.5) is 11.4 Å². The third-order valence-electron chi connectivity index (χ3n) is 6.43. The van der Waals surface area contributed by atoms with Gasteiger partial charge in [-0.25, -0.2) is 0 Å². The SMILES string of the molecule is CC(C)(C)c1ccc(C(=O)N2CCN(c3ccc(NC(=O)COCc4ccccc4)cc3)CC2)cc1. The monoisotopic (exact) mass is 485 g/mol. The largest absolute Gasteiger partial charge is 0.368 e. The second kappa shape index (κ2) is 11.4. The van der Waals surface area contributed by atoms with Crippen LogP contribution in [0.1, 0.15) is 42.3 Å². The molecule has 0 aliphatic carbocycles. The molecule has 1 aliphatic heterocycles. The van der Waals surface area contributed by atoms with Gasteiger partial charge in [-0.05, 0) is 52.9 Å². The Bertz CT molecular complexity index is 1140. The van der Waals surface area contributed by atoms with E-state index in [1.807, 2.05) is 71.6 Å². The molecule has 1 saturated heterocycles. The Labute approximate surface area is 213 Å². The maximum Gasteiger partial charge on any atom is 0.253 e. The van der Waals surface area contributed by atoms with Gasteiger partial charge in [-0.2, -0.15) is 0 Å². The molecule has 188 valence electrons. The summed E-state index contributed by atoms with van der Waals surface area (Å²) >= 11 is 0. The van der Waals surface area contributed by atoms with Gasteiger partial charge in [0.2, 0.25) is 5.91 Å². The molecule has 1 aliphatic rings. The summed E-state index contributed by atoms with van der Waals surface area (Å²) in [4.78, 5) is 29.3. The molecule has 4 rings (SSSR count). The molecule has 36 heavy (non-hydrogen) atoms. The fourth-order valence-corrected chi connectivity index (χ4v) is 4.25. The zero-order chi connectivity index (χ0) is 25.5. The topological polar surface area (TPSA) is 61.9 Å². The smallest absolute Gasteiger partial charge is 0.253 e. The van der Waals surface area contributed by atoms with Gasteiger partial charge in [0.1, 0.15) is 6.61 Å². The Morgan fingerprint density at radius 3 is 2.08 bits per heavy atom. The fourth-order valence-electron chi connectivity index (χ4n) is 4.25. The van der Waals surface area contributed by atoms with E-state index in [1.54, 1.807) is 0 Å². The predicted molar refractivity (Wildman–Crippen MR) is 144 cm³/mol. The number of carbonyl (C=O) groups is 2. The molecule has 0 atom stereocenters. The number of carbonyl (C=O) groups excluding carboxylic acids is 2. The van der Waals surface area contributed by atoms with E-state index >= 15 is 0 Å². The molecule has 1 heterocycles. The number of piperazine rings is 1. The Morgan fingerprint density at radius 2 is 1.47 bits per heavy atom. The molecule has 6 nitrogen and oxygen atoms in total. The van der Waals surface area contributed by atoms with Crippen molar-refractivity contribution < 1.29 is 14.3 Å². The summed E-state index contributed by atoms with van der Waals surface area (Å²) < 4.78 is 5.50. The van der Waals surface area contributed by atoms with Crippen molar-refractivity contribution in [3.05, 3.63) is 95.6 Å². The summed E-state index contributed by atoms with van der Waals surface area (Å²) in [5.74, 6) is -0.0935. The Morgan fingerprint density at radius 1 is 0.833 bits per heavy atom. The molecule has 6 heteroatoms. The first-order valence-electron chi connectivity index (χ1n) is 12.5. The van der Waals surface area contributed by atoms with Crippen molar-refractivity contribution >= 4 is 23.2 Å².